The van der Waals surface area contributed by atoms with Crippen LogP contribution in [-0.2, 0) is 0 Å². The number of hydrogen-bond donors (Lipinski definition) is 0. The maximum atomic E-state index is 2.46. The quantitative estimate of drug-likeness (QED) is 0.552. The predicted octanol–water partition coefficient (Wildman–Crippen LogP) is 6.16. The van der Waals surface area contributed by atoms with Gasteiger partial charge in [-0.1, -0.05) is 82.6 Å². The largest absolute Gasteiger partial charge is 0.0651 e. The SMILES string of the molecule is CCC(C)C(C)(C)C(C)(C)C(C)(C)C(C)(C)C. The van der Waals surface area contributed by atoms with Crippen LogP contribution in [0, 0.1) is 27.6 Å². The van der Waals surface area contributed by atoms with Gasteiger partial charge in [0.15, 0.2) is 0 Å². The normalized spacial score (nSPS) is 17.1. The maximum absolute atomic E-state index is 2.46. The van der Waals surface area contributed by atoms with E-state index < -0.39 is 0 Å². The Morgan fingerprint density at radius 3 is 1.29 bits per heavy atom. The van der Waals surface area contributed by atoms with Gasteiger partial charge in [0, 0.05) is 0 Å². The van der Waals surface area contributed by atoms with Crippen LogP contribution in [0.4, 0.5) is 0 Å². The van der Waals surface area contributed by atoms with Gasteiger partial charge in [-0.25, -0.2) is 0 Å². The molecule has 0 saturated carbocycles. The molecule has 0 heteroatoms. The molecule has 0 radical (unpaired) electrons. The Labute approximate surface area is 111 Å². The zero-order valence-electron chi connectivity index (χ0n) is 14.3. The molecule has 0 N–H and O–H groups in total. The standard InChI is InChI=1S/C17H36/c1-12-13(2)15(6,7)17(10,11)16(8,9)14(3,4)5/h13H,12H2,1-11H3. The van der Waals surface area contributed by atoms with Gasteiger partial charge in [0.25, 0.3) is 0 Å². The Morgan fingerprint density at radius 2 is 1.06 bits per heavy atom. The molecule has 0 nitrogen and oxygen atoms in total. The van der Waals surface area contributed by atoms with Crippen molar-refractivity contribution in [2.75, 3.05) is 0 Å². The lowest BCUT2D eigenvalue weighted by molar-refractivity contribution is -0.109. The Morgan fingerprint density at radius 1 is 0.706 bits per heavy atom. The van der Waals surface area contributed by atoms with Crippen LogP contribution >= 0.6 is 0 Å². The van der Waals surface area contributed by atoms with Crippen molar-refractivity contribution in [3.63, 3.8) is 0 Å². The molecular formula is C17H36. The average molecular weight is 240 g/mol. The van der Waals surface area contributed by atoms with Crippen molar-refractivity contribution in [2.24, 2.45) is 27.6 Å². The molecule has 17 heavy (non-hydrogen) atoms. The summed E-state index contributed by atoms with van der Waals surface area (Å²) in [6, 6.07) is 0. The van der Waals surface area contributed by atoms with Crippen molar-refractivity contribution < 1.29 is 0 Å². The van der Waals surface area contributed by atoms with Gasteiger partial charge in [0.2, 0.25) is 0 Å². The van der Waals surface area contributed by atoms with Gasteiger partial charge < -0.3 is 0 Å². The fraction of sp³-hybridized carbons (Fsp3) is 1.00. The fourth-order valence-corrected chi connectivity index (χ4v) is 2.87. The van der Waals surface area contributed by atoms with Crippen molar-refractivity contribution in [3.05, 3.63) is 0 Å². The third-order valence-corrected chi connectivity index (χ3v) is 6.89. The topological polar surface area (TPSA) is 0 Å². The van der Waals surface area contributed by atoms with E-state index in [2.05, 4.69) is 76.2 Å². The van der Waals surface area contributed by atoms with Crippen LogP contribution in [0.3, 0.4) is 0 Å². The van der Waals surface area contributed by atoms with Crippen LogP contribution in [-0.4, -0.2) is 0 Å². The van der Waals surface area contributed by atoms with E-state index in [1.54, 1.807) is 0 Å². The lowest BCUT2D eigenvalue weighted by atomic mass is 9.45. The number of rotatable bonds is 4. The predicted molar refractivity (Wildman–Crippen MR) is 80.3 cm³/mol. The summed E-state index contributed by atoms with van der Waals surface area (Å²) in [4.78, 5) is 0. The van der Waals surface area contributed by atoms with Gasteiger partial charge in [-0.2, -0.15) is 0 Å². The van der Waals surface area contributed by atoms with E-state index in [9.17, 15) is 0 Å². The summed E-state index contributed by atoms with van der Waals surface area (Å²) in [6.45, 7) is 26.6. The van der Waals surface area contributed by atoms with Gasteiger partial charge in [0.05, 0.1) is 0 Å². The average Bonchev–Trinajstić information content (AvgIpc) is 2.13. The first kappa shape index (κ1) is 17.0. The monoisotopic (exact) mass is 240 g/mol. The molecule has 0 aliphatic rings. The molecule has 0 aliphatic heterocycles. The van der Waals surface area contributed by atoms with E-state index in [4.69, 9.17) is 0 Å². The summed E-state index contributed by atoms with van der Waals surface area (Å²) >= 11 is 0. The zero-order valence-corrected chi connectivity index (χ0v) is 14.3. The van der Waals surface area contributed by atoms with Crippen molar-refractivity contribution in [2.45, 2.75) is 82.6 Å². The second-order valence-corrected chi connectivity index (χ2v) is 8.53. The molecule has 0 aliphatic carbocycles. The maximum Gasteiger partial charge on any atom is -0.0244 e. The van der Waals surface area contributed by atoms with Crippen LogP contribution in [0.2, 0.25) is 0 Å². The van der Waals surface area contributed by atoms with Gasteiger partial charge >= 0.3 is 0 Å². The molecule has 0 aromatic heterocycles. The summed E-state index contributed by atoms with van der Waals surface area (Å²) in [5, 5.41) is 0. The summed E-state index contributed by atoms with van der Waals surface area (Å²) in [6.07, 6.45) is 1.26. The van der Waals surface area contributed by atoms with Gasteiger partial charge in [-0.15, -0.1) is 0 Å². The first-order chi connectivity index (χ1) is 7.23. The summed E-state index contributed by atoms with van der Waals surface area (Å²) in [5.74, 6) is 0.749. The Balaban J connectivity index is 5.55. The van der Waals surface area contributed by atoms with E-state index in [0.717, 1.165) is 5.92 Å². The zero-order chi connectivity index (χ0) is 14.3. The van der Waals surface area contributed by atoms with Crippen LogP contribution < -0.4 is 0 Å². The third-order valence-electron chi connectivity index (χ3n) is 6.89. The van der Waals surface area contributed by atoms with E-state index in [0.29, 0.717) is 21.7 Å². The highest BCUT2D eigenvalue weighted by molar-refractivity contribution is 5.02. The van der Waals surface area contributed by atoms with E-state index in [1.165, 1.54) is 6.42 Å². The fourth-order valence-electron chi connectivity index (χ4n) is 2.87. The molecule has 0 bridgehead atoms. The van der Waals surface area contributed by atoms with E-state index in [1.807, 2.05) is 0 Å². The van der Waals surface area contributed by atoms with E-state index in [-0.39, 0.29) is 0 Å². The highest BCUT2D eigenvalue weighted by Gasteiger charge is 2.53. The summed E-state index contributed by atoms with van der Waals surface area (Å²) in [5.41, 5.74) is 1.26. The Bertz CT molecular complexity index is 248. The Hall–Kier alpha value is 0. The molecule has 1 atom stereocenters. The second-order valence-electron chi connectivity index (χ2n) is 8.53. The third kappa shape index (κ3) is 2.56. The minimum Gasteiger partial charge on any atom is -0.0651 e. The molecule has 0 aromatic rings. The van der Waals surface area contributed by atoms with Gasteiger partial charge in [-0.3, -0.25) is 0 Å². The minimum absolute atomic E-state index is 0.299. The molecule has 0 aromatic carbocycles. The molecule has 0 saturated heterocycles. The first-order valence-electron chi connectivity index (χ1n) is 7.23. The molecule has 104 valence electrons. The van der Waals surface area contributed by atoms with Crippen LogP contribution in [0.1, 0.15) is 82.6 Å². The highest BCUT2D eigenvalue weighted by Crippen LogP contribution is 2.61. The van der Waals surface area contributed by atoms with Gasteiger partial charge in [-0.05, 0) is 27.6 Å². The van der Waals surface area contributed by atoms with Crippen molar-refractivity contribution >= 4 is 0 Å². The Kier molecular flexibility index (Phi) is 4.59. The van der Waals surface area contributed by atoms with E-state index >= 15 is 0 Å². The number of hydrogen-bond acceptors (Lipinski definition) is 0. The molecule has 0 rings (SSSR count). The van der Waals surface area contributed by atoms with Crippen molar-refractivity contribution in [1.29, 1.82) is 0 Å². The molecule has 0 heterocycles. The van der Waals surface area contributed by atoms with Crippen LogP contribution in [0.25, 0.3) is 0 Å². The molecule has 0 fully saturated rings. The summed E-state index contributed by atoms with van der Waals surface area (Å²) in [7, 11) is 0. The second kappa shape index (κ2) is 4.59. The summed E-state index contributed by atoms with van der Waals surface area (Å²) < 4.78 is 0. The van der Waals surface area contributed by atoms with Crippen molar-refractivity contribution in [1.82, 2.24) is 0 Å². The first-order valence-corrected chi connectivity index (χ1v) is 7.23. The van der Waals surface area contributed by atoms with Crippen LogP contribution in [0.15, 0.2) is 0 Å². The van der Waals surface area contributed by atoms with Crippen LogP contribution in [0.5, 0.6) is 0 Å². The highest BCUT2D eigenvalue weighted by atomic mass is 14.6. The lowest BCUT2D eigenvalue weighted by Gasteiger charge is -2.59. The minimum atomic E-state index is 0.299. The lowest BCUT2D eigenvalue weighted by Crippen LogP contribution is -2.52. The van der Waals surface area contributed by atoms with Crippen molar-refractivity contribution in [3.8, 4) is 0 Å². The smallest absolute Gasteiger partial charge is 0.0244 e. The molecule has 0 spiro atoms. The molecular weight excluding hydrogens is 204 g/mol. The van der Waals surface area contributed by atoms with Gasteiger partial charge in [0.1, 0.15) is 0 Å². The molecule has 0 amide bonds. The molecule has 1 unspecified atom stereocenters.